The number of nitrogens with zero attached hydrogens (tertiary/aromatic N) is 1. The topological polar surface area (TPSA) is 15.3 Å². The van der Waals surface area contributed by atoms with Gasteiger partial charge in [0.15, 0.2) is 0 Å². The van der Waals surface area contributed by atoms with Crippen molar-refractivity contribution in [1.82, 2.24) is 10.2 Å². The van der Waals surface area contributed by atoms with E-state index in [1.54, 1.807) is 12.1 Å². The van der Waals surface area contributed by atoms with Crippen LogP contribution in [0.4, 0.5) is 4.39 Å². The molecule has 0 aromatic heterocycles. The Morgan fingerprint density at radius 2 is 2.22 bits per heavy atom. The lowest BCUT2D eigenvalue weighted by Crippen LogP contribution is -2.40. The van der Waals surface area contributed by atoms with Crippen LogP contribution >= 0.6 is 0 Å². The fourth-order valence-electron chi connectivity index (χ4n) is 2.91. The first-order valence-electron chi connectivity index (χ1n) is 6.85. The van der Waals surface area contributed by atoms with Gasteiger partial charge in [-0.2, -0.15) is 0 Å². The van der Waals surface area contributed by atoms with Crippen molar-refractivity contribution in [2.45, 2.75) is 25.8 Å². The number of hydrogen-bond acceptors (Lipinski definition) is 2. The second kappa shape index (κ2) is 6.30. The lowest BCUT2D eigenvalue weighted by Gasteiger charge is -2.37. The van der Waals surface area contributed by atoms with Crippen molar-refractivity contribution >= 4 is 0 Å². The minimum atomic E-state index is -0.0826. The van der Waals surface area contributed by atoms with E-state index in [9.17, 15) is 4.39 Å². The van der Waals surface area contributed by atoms with Gasteiger partial charge in [-0.3, -0.25) is 4.90 Å². The molecule has 1 saturated heterocycles. The van der Waals surface area contributed by atoms with Crippen LogP contribution in [0.2, 0.25) is 0 Å². The third-order valence-electron chi connectivity index (χ3n) is 3.95. The lowest BCUT2D eigenvalue weighted by molar-refractivity contribution is 0.129. The van der Waals surface area contributed by atoms with Crippen LogP contribution in [0.1, 0.15) is 31.4 Å². The van der Waals surface area contributed by atoms with Gasteiger partial charge in [0.05, 0.1) is 0 Å². The van der Waals surface area contributed by atoms with Crippen molar-refractivity contribution in [3.63, 3.8) is 0 Å². The Morgan fingerprint density at radius 3 is 2.94 bits per heavy atom. The first-order chi connectivity index (χ1) is 8.72. The summed E-state index contributed by atoms with van der Waals surface area (Å²) < 4.78 is 13.8. The first-order valence-corrected chi connectivity index (χ1v) is 6.85. The summed E-state index contributed by atoms with van der Waals surface area (Å²) in [7, 11) is 2.00. The zero-order chi connectivity index (χ0) is 13.0. The monoisotopic (exact) mass is 250 g/mol. The zero-order valence-corrected chi connectivity index (χ0v) is 11.3. The van der Waals surface area contributed by atoms with E-state index in [2.05, 4.69) is 17.1 Å². The highest BCUT2D eigenvalue weighted by Gasteiger charge is 2.25. The van der Waals surface area contributed by atoms with Crippen LogP contribution in [0.15, 0.2) is 24.3 Å². The fourth-order valence-corrected chi connectivity index (χ4v) is 2.91. The Labute approximate surface area is 109 Å². The summed E-state index contributed by atoms with van der Waals surface area (Å²) in [6.07, 6.45) is 2.49. The molecular weight excluding hydrogens is 227 g/mol. The molecule has 2 atom stereocenters. The molecule has 0 bridgehead atoms. The number of hydrogen-bond donors (Lipinski definition) is 1. The maximum Gasteiger partial charge on any atom is 0.127 e. The number of halogens is 1. The second-order valence-electron chi connectivity index (χ2n) is 5.26. The summed E-state index contributed by atoms with van der Waals surface area (Å²) in [5.74, 6) is 0.610. The van der Waals surface area contributed by atoms with Crippen LogP contribution in [-0.4, -0.2) is 31.6 Å². The largest absolute Gasteiger partial charge is 0.319 e. The maximum atomic E-state index is 13.8. The van der Waals surface area contributed by atoms with E-state index < -0.39 is 0 Å². The van der Waals surface area contributed by atoms with Gasteiger partial charge in [0.1, 0.15) is 5.82 Å². The van der Waals surface area contributed by atoms with Gasteiger partial charge in [-0.1, -0.05) is 18.2 Å². The third kappa shape index (κ3) is 3.09. The highest BCUT2D eigenvalue weighted by molar-refractivity contribution is 5.20. The molecule has 1 aromatic carbocycles. The average molecular weight is 250 g/mol. The van der Waals surface area contributed by atoms with Gasteiger partial charge < -0.3 is 5.32 Å². The van der Waals surface area contributed by atoms with E-state index in [0.717, 1.165) is 25.2 Å². The van der Waals surface area contributed by atoms with Crippen molar-refractivity contribution < 1.29 is 4.39 Å². The van der Waals surface area contributed by atoms with Gasteiger partial charge in [-0.25, -0.2) is 4.39 Å². The van der Waals surface area contributed by atoms with E-state index in [1.165, 1.54) is 12.8 Å². The number of benzene rings is 1. The molecule has 1 aliphatic rings. The van der Waals surface area contributed by atoms with Crippen molar-refractivity contribution in [2.24, 2.45) is 5.92 Å². The third-order valence-corrected chi connectivity index (χ3v) is 3.95. The molecule has 0 aliphatic carbocycles. The molecule has 18 heavy (non-hydrogen) atoms. The van der Waals surface area contributed by atoms with Gasteiger partial charge in [0.25, 0.3) is 0 Å². The average Bonchev–Trinajstić information content (AvgIpc) is 2.39. The number of piperidine rings is 1. The van der Waals surface area contributed by atoms with Crippen LogP contribution < -0.4 is 5.32 Å². The first kappa shape index (κ1) is 13.5. The summed E-state index contributed by atoms with van der Waals surface area (Å²) in [6.45, 7) is 5.31. The molecule has 100 valence electrons. The minimum Gasteiger partial charge on any atom is -0.319 e. The smallest absolute Gasteiger partial charge is 0.127 e. The van der Waals surface area contributed by atoms with E-state index in [1.807, 2.05) is 19.2 Å². The van der Waals surface area contributed by atoms with Crippen LogP contribution in [0.5, 0.6) is 0 Å². The maximum absolute atomic E-state index is 13.8. The highest BCUT2D eigenvalue weighted by atomic mass is 19.1. The van der Waals surface area contributed by atoms with Crippen LogP contribution in [0, 0.1) is 11.7 Å². The Balaban J connectivity index is 2.04. The van der Waals surface area contributed by atoms with Crippen LogP contribution in [0.3, 0.4) is 0 Å². The molecule has 1 fully saturated rings. The molecule has 1 aliphatic heterocycles. The number of likely N-dealkylation sites (tertiary alicyclic amines) is 1. The van der Waals surface area contributed by atoms with Crippen molar-refractivity contribution in [3.8, 4) is 0 Å². The van der Waals surface area contributed by atoms with Crippen molar-refractivity contribution in [3.05, 3.63) is 35.6 Å². The molecule has 2 rings (SSSR count). The van der Waals surface area contributed by atoms with Gasteiger partial charge in [-0.15, -0.1) is 0 Å². The Bertz CT molecular complexity index is 379. The minimum absolute atomic E-state index is 0.0826. The Hall–Kier alpha value is -0.930. The molecule has 0 spiro atoms. The summed E-state index contributed by atoms with van der Waals surface area (Å²) in [5.41, 5.74) is 0.822. The molecule has 0 amide bonds. The Morgan fingerprint density at radius 1 is 1.44 bits per heavy atom. The van der Waals surface area contributed by atoms with Crippen molar-refractivity contribution in [2.75, 3.05) is 26.7 Å². The summed E-state index contributed by atoms with van der Waals surface area (Å²) in [5, 5.41) is 3.25. The predicted molar refractivity (Wildman–Crippen MR) is 73.0 cm³/mol. The van der Waals surface area contributed by atoms with Gasteiger partial charge >= 0.3 is 0 Å². The molecule has 2 nitrogen and oxygen atoms in total. The van der Waals surface area contributed by atoms with Gasteiger partial charge in [0, 0.05) is 18.2 Å². The molecule has 1 N–H and O–H groups in total. The van der Waals surface area contributed by atoms with E-state index in [4.69, 9.17) is 0 Å². The molecule has 1 aromatic rings. The molecule has 3 heteroatoms. The van der Waals surface area contributed by atoms with E-state index >= 15 is 0 Å². The van der Waals surface area contributed by atoms with Gasteiger partial charge in [0.2, 0.25) is 0 Å². The van der Waals surface area contributed by atoms with Crippen LogP contribution in [-0.2, 0) is 0 Å². The van der Waals surface area contributed by atoms with E-state index in [-0.39, 0.29) is 11.9 Å². The fraction of sp³-hybridized carbons (Fsp3) is 0.600. The number of nitrogens with one attached hydrogen (secondary N) is 1. The number of rotatable bonds is 4. The summed E-state index contributed by atoms with van der Waals surface area (Å²) in [6, 6.07) is 7.31. The molecule has 1 heterocycles. The van der Waals surface area contributed by atoms with E-state index in [0.29, 0.717) is 5.92 Å². The SMILES string of the molecule is CNCC1CCCN(C(C)c2ccccc2F)C1. The quantitative estimate of drug-likeness (QED) is 0.884. The second-order valence-corrected chi connectivity index (χ2v) is 5.26. The molecule has 0 radical (unpaired) electrons. The molecular formula is C15H23FN2. The predicted octanol–water partition coefficient (Wildman–Crippen LogP) is 2.82. The molecule has 0 saturated carbocycles. The standard InChI is InChI=1S/C15H23FN2/c1-12(14-7-3-4-8-15(14)16)18-9-5-6-13(11-18)10-17-2/h3-4,7-8,12-13,17H,5-6,9-11H2,1-2H3. The normalized spacial score (nSPS) is 22.9. The Kier molecular flexibility index (Phi) is 4.72. The van der Waals surface area contributed by atoms with Crippen LogP contribution in [0.25, 0.3) is 0 Å². The van der Waals surface area contributed by atoms with Crippen molar-refractivity contribution in [1.29, 1.82) is 0 Å². The summed E-state index contributed by atoms with van der Waals surface area (Å²) in [4.78, 5) is 2.41. The zero-order valence-electron chi connectivity index (χ0n) is 11.3. The summed E-state index contributed by atoms with van der Waals surface area (Å²) >= 11 is 0. The molecule has 2 unspecified atom stereocenters. The highest BCUT2D eigenvalue weighted by Crippen LogP contribution is 2.27. The van der Waals surface area contributed by atoms with Gasteiger partial charge in [-0.05, 0) is 51.9 Å². The lowest BCUT2D eigenvalue weighted by atomic mass is 9.95.